The van der Waals surface area contributed by atoms with Gasteiger partial charge >= 0.3 is 0 Å². The zero-order valence-corrected chi connectivity index (χ0v) is 10.0. The molecule has 90 valence electrons. The van der Waals surface area contributed by atoms with Crippen molar-refractivity contribution in [3.8, 4) is 0 Å². The van der Waals surface area contributed by atoms with E-state index in [0.717, 1.165) is 18.8 Å². The van der Waals surface area contributed by atoms with Crippen molar-refractivity contribution in [1.82, 2.24) is 15.1 Å². The average Bonchev–Trinajstić information content (AvgIpc) is 2.66. The van der Waals surface area contributed by atoms with E-state index in [2.05, 4.69) is 24.3 Å². The smallest absolute Gasteiger partial charge is 0.119 e. The molecule has 1 aliphatic rings. The van der Waals surface area contributed by atoms with Crippen molar-refractivity contribution < 1.29 is 4.39 Å². The summed E-state index contributed by atoms with van der Waals surface area (Å²) in [5, 5.41) is 7.59. The van der Waals surface area contributed by atoms with Crippen molar-refractivity contribution in [3.63, 3.8) is 0 Å². The highest BCUT2D eigenvalue weighted by atomic mass is 19.1. The normalized spacial score (nSPS) is 20.2. The van der Waals surface area contributed by atoms with Crippen molar-refractivity contribution in [2.75, 3.05) is 13.1 Å². The van der Waals surface area contributed by atoms with Gasteiger partial charge in [0.05, 0.1) is 5.69 Å². The first-order chi connectivity index (χ1) is 7.59. The van der Waals surface area contributed by atoms with E-state index in [9.17, 15) is 4.39 Å². The molecule has 1 N–H and O–H groups in total. The summed E-state index contributed by atoms with van der Waals surface area (Å²) in [4.78, 5) is 0. The molecule has 2 rings (SSSR count). The monoisotopic (exact) mass is 225 g/mol. The third-order valence-corrected chi connectivity index (χ3v) is 3.19. The number of nitrogens with zero attached hydrogens (tertiary/aromatic N) is 2. The number of halogens is 1. The molecule has 0 unspecified atom stereocenters. The Morgan fingerprint density at radius 3 is 2.75 bits per heavy atom. The highest BCUT2D eigenvalue weighted by Crippen LogP contribution is 2.27. The Morgan fingerprint density at radius 2 is 2.19 bits per heavy atom. The van der Waals surface area contributed by atoms with Gasteiger partial charge in [-0.3, -0.25) is 4.68 Å². The van der Waals surface area contributed by atoms with Crippen molar-refractivity contribution in [2.45, 2.75) is 44.8 Å². The third-order valence-electron chi connectivity index (χ3n) is 3.19. The zero-order valence-electron chi connectivity index (χ0n) is 10.0. The number of nitrogens with one attached hydrogen (secondary N) is 1. The second-order valence-electron chi connectivity index (χ2n) is 4.96. The van der Waals surface area contributed by atoms with E-state index >= 15 is 0 Å². The summed E-state index contributed by atoms with van der Waals surface area (Å²) in [7, 11) is 0. The van der Waals surface area contributed by atoms with Crippen molar-refractivity contribution in [1.29, 1.82) is 0 Å². The Balaban J connectivity index is 2.02. The number of alkyl halides is 1. The lowest BCUT2D eigenvalue weighted by molar-refractivity contribution is 0.115. The van der Waals surface area contributed by atoms with Crippen LogP contribution in [0.5, 0.6) is 0 Å². The molecular weight excluding hydrogens is 205 g/mol. The van der Waals surface area contributed by atoms with Gasteiger partial charge in [-0.15, -0.1) is 0 Å². The molecule has 1 fully saturated rings. The molecule has 1 saturated heterocycles. The number of rotatable bonds is 3. The second-order valence-corrected chi connectivity index (χ2v) is 4.96. The summed E-state index contributed by atoms with van der Waals surface area (Å²) in [6.07, 6.45) is 3.59. The van der Waals surface area contributed by atoms with Gasteiger partial charge in [-0.2, -0.15) is 5.10 Å². The maximum atomic E-state index is 14.4. The maximum absolute atomic E-state index is 14.4. The average molecular weight is 225 g/mol. The first-order valence-electron chi connectivity index (χ1n) is 6.03. The molecule has 2 heterocycles. The highest BCUT2D eigenvalue weighted by molar-refractivity contribution is 5.05. The molecule has 0 aromatic carbocycles. The van der Waals surface area contributed by atoms with E-state index in [1.54, 1.807) is 0 Å². The van der Waals surface area contributed by atoms with E-state index in [-0.39, 0.29) is 0 Å². The topological polar surface area (TPSA) is 29.9 Å². The molecule has 0 aliphatic carbocycles. The molecule has 4 heteroatoms. The number of aromatic nitrogens is 2. The lowest BCUT2D eigenvalue weighted by Gasteiger charge is -2.29. The lowest BCUT2D eigenvalue weighted by atomic mass is 9.90. The van der Waals surface area contributed by atoms with Crippen LogP contribution in [0.2, 0.25) is 0 Å². The first-order valence-corrected chi connectivity index (χ1v) is 6.03. The molecule has 16 heavy (non-hydrogen) atoms. The fourth-order valence-corrected chi connectivity index (χ4v) is 2.14. The number of hydrogen-bond acceptors (Lipinski definition) is 2. The Hall–Kier alpha value is -0.900. The lowest BCUT2D eigenvalue weighted by Crippen LogP contribution is -2.40. The maximum Gasteiger partial charge on any atom is 0.119 e. The molecule has 3 nitrogen and oxygen atoms in total. The Kier molecular flexibility index (Phi) is 3.28. The number of hydrogen-bond donors (Lipinski definition) is 1. The summed E-state index contributed by atoms with van der Waals surface area (Å²) in [6.45, 7) is 5.71. The predicted octanol–water partition coefficient (Wildman–Crippen LogP) is 2.10. The molecule has 0 saturated carbocycles. The SMILES string of the molecule is CC(C)n1ccc(CC2(F)CCNCC2)n1. The van der Waals surface area contributed by atoms with E-state index in [1.165, 1.54) is 0 Å². The van der Waals surface area contributed by atoms with Crippen LogP contribution in [0.25, 0.3) is 0 Å². The largest absolute Gasteiger partial charge is 0.316 e. The van der Waals surface area contributed by atoms with Crippen LogP contribution in [-0.4, -0.2) is 28.5 Å². The zero-order chi connectivity index (χ0) is 11.6. The fraction of sp³-hybridized carbons (Fsp3) is 0.750. The van der Waals surface area contributed by atoms with Crippen LogP contribution >= 0.6 is 0 Å². The van der Waals surface area contributed by atoms with Gasteiger partial charge in [0.15, 0.2) is 0 Å². The summed E-state index contributed by atoms with van der Waals surface area (Å²) in [5.41, 5.74) is -0.181. The molecule has 0 amide bonds. The van der Waals surface area contributed by atoms with Crippen LogP contribution in [0, 0.1) is 0 Å². The van der Waals surface area contributed by atoms with Crippen molar-refractivity contribution in [2.24, 2.45) is 0 Å². The molecule has 0 spiro atoms. The first kappa shape index (κ1) is 11.6. The van der Waals surface area contributed by atoms with Gasteiger partial charge in [-0.1, -0.05) is 0 Å². The van der Waals surface area contributed by atoms with Crippen LogP contribution in [-0.2, 0) is 6.42 Å². The van der Waals surface area contributed by atoms with Crippen LogP contribution < -0.4 is 5.32 Å². The molecule has 1 aliphatic heterocycles. The van der Waals surface area contributed by atoms with Crippen LogP contribution in [0.1, 0.15) is 38.4 Å². The minimum atomic E-state index is -1.05. The van der Waals surface area contributed by atoms with Crippen molar-refractivity contribution in [3.05, 3.63) is 18.0 Å². The van der Waals surface area contributed by atoms with Crippen LogP contribution in [0.15, 0.2) is 12.3 Å². The standard InChI is InChI=1S/C12H20FN3/c1-10(2)16-8-3-11(15-16)9-12(13)4-6-14-7-5-12/h3,8,10,14H,4-7,9H2,1-2H3. The molecule has 1 aromatic heterocycles. The van der Waals surface area contributed by atoms with Gasteiger partial charge in [0.25, 0.3) is 0 Å². The Morgan fingerprint density at radius 1 is 1.50 bits per heavy atom. The van der Waals surface area contributed by atoms with Gasteiger partial charge in [-0.25, -0.2) is 4.39 Å². The van der Waals surface area contributed by atoms with Gasteiger partial charge in [0.1, 0.15) is 5.67 Å². The fourth-order valence-electron chi connectivity index (χ4n) is 2.14. The van der Waals surface area contributed by atoms with Gasteiger partial charge < -0.3 is 5.32 Å². The van der Waals surface area contributed by atoms with Gasteiger partial charge in [-0.05, 0) is 45.8 Å². The van der Waals surface area contributed by atoms with E-state index in [4.69, 9.17) is 0 Å². The molecule has 0 atom stereocenters. The molecule has 0 radical (unpaired) electrons. The second kappa shape index (κ2) is 4.53. The van der Waals surface area contributed by atoms with Crippen LogP contribution in [0.3, 0.4) is 0 Å². The minimum Gasteiger partial charge on any atom is -0.316 e. The number of piperidine rings is 1. The van der Waals surface area contributed by atoms with Gasteiger partial charge in [0, 0.05) is 18.7 Å². The summed E-state index contributed by atoms with van der Waals surface area (Å²) in [5.74, 6) is 0. The predicted molar refractivity (Wildman–Crippen MR) is 62.3 cm³/mol. The van der Waals surface area contributed by atoms with Gasteiger partial charge in [0.2, 0.25) is 0 Å². The Bertz CT molecular complexity index is 340. The van der Waals surface area contributed by atoms with Crippen LogP contribution in [0.4, 0.5) is 4.39 Å². The van der Waals surface area contributed by atoms with E-state index in [1.807, 2.05) is 16.9 Å². The minimum absolute atomic E-state index is 0.345. The quantitative estimate of drug-likeness (QED) is 0.853. The van der Waals surface area contributed by atoms with E-state index in [0.29, 0.717) is 25.3 Å². The van der Waals surface area contributed by atoms with E-state index < -0.39 is 5.67 Å². The summed E-state index contributed by atoms with van der Waals surface area (Å²) < 4.78 is 16.3. The molecule has 1 aromatic rings. The summed E-state index contributed by atoms with van der Waals surface area (Å²) in [6, 6.07) is 2.28. The third kappa shape index (κ3) is 2.61. The molecule has 0 bridgehead atoms. The summed E-state index contributed by atoms with van der Waals surface area (Å²) >= 11 is 0. The Labute approximate surface area is 96.0 Å². The van der Waals surface area contributed by atoms with Crippen molar-refractivity contribution >= 4 is 0 Å². The highest BCUT2D eigenvalue weighted by Gasteiger charge is 2.32. The molecular formula is C12H20FN3.